The van der Waals surface area contributed by atoms with Gasteiger partial charge in [-0.3, -0.25) is 9.10 Å². The Morgan fingerprint density at radius 1 is 0.862 bits per heavy atom. The molecule has 0 spiro atoms. The molecular formula is C23H24N2O3S. The van der Waals surface area contributed by atoms with Crippen molar-refractivity contribution < 1.29 is 13.2 Å². The van der Waals surface area contributed by atoms with Crippen LogP contribution in [0.15, 0.2) is 83.8 Å². The van der Waals surface area contributed by atoms with Crippen molar-refractivity contribution >= 4 is 27.3 Å². The van der Waals surface area contributed by atoms with Crippen molar-refractivity contribution in [3.63, 3.8) is 0 Å². The first kappa shape index (κ1) is 20.6. The number of hydrogen-bond donors (Lipinski definition) is 0. The van der Waals surface area contributed by atoms with E-state index >= 15 is 0 Å². The van der Waals surface area contributed by atoms with E-state index in [-0.39, 0.29) is 10.8 Å². The van der Waals surface area contributed by atoms with Gasteiger partial charge in [0.2, 0.25) is 0 Å². The average Bonchev–Trinajstić information content (AvgIpc) is 2.75. The number of carbonyl (C=O) groups is 1. The lowest BCUT2D eigenvalue weighted by molar-refractivity contribution is 0.0988. The topological polar surface area (TPSA) is 57.7 Å². The summed E-state index contributed by atoms with van der Waals surface area (Å²) in [6, 6.07) is 22.7. The first-order chi connectivity index (χ1) is 13.9. The van der Waals surface area contributed by atoms with E-state index in [2.05, 4.69) is 0 Å². The summed E-state index contributed by atoms with van der Waals surface area (Å²) >= 11 is 0. The van der Waals surface area contributed by atoms with Gasteiger partial charge in [-0.15, -0.1) is 0 Å². The van der Waals surface area contributed by atoms with E-state index in [1.807, 2.05) is 44.2 Å². The van der Waals surface area contributed by atoms with Crippen LogP contribution in [0.25, 0.3) is 0 Å². The fourth-order valence-electron chi connectivity index (χ4n) is 3.15. The summed E-state index contributed by atoms with van der Waals surface area (Å²) in [5.41, 5.74) is 2.87. The van der Waals surface area contributed by atoms with Gasteiger partial charge in [0.05, 0.1) is 10.6 Å². The molecule has 0 radical (unpaired) electrons. The van der Waals surface area contributed by atoms with Gasteiger partial charge in [-0.1, -0.05) is 36.4 Å². The summed E-state index contributed by atoms with van der Waals surface area (Å²) in [5, 5.41) is 0. The van der Waals surface area contributed by atoms with E-state index in [9.17, 15) is 13.2 Å². The zero-order valence-corrected chi connectivity index (χ0v) is 17.6. The number of benzene rings is 3. The Morgan fingerprint density at radius 2 is 1.45 bits per heavy atom. The molecule has 29 heavy (non-hydrogen) atoms. The van der Waals surface area contributed by atoms with Crippen LogP contribution in [0.3, 0.4) is 0 Å². The van der Waals surface area contributed by atoms with Crippen LogP contribution in [0, 0.1) is 6.92 Å². The second-order valence-corrected chi connectivity index (χ2v) is 8.64. The maximum atomic E-state index is 13.0. The number of rotatable bonds is 6. The molecule has 6 heteroatoms. The summed E-state index contributed by atoms with van der Waals surface area (Å²) in [5.74, 6) is -0.165. The van der Waals surface area contributed by atoms with Gasteiger partial charge in [-0.25, -0.2) is 8.42 Å². The van der Waals surface area contributed by atoms with Crippen LogP contribution in [0.4, 0.5) is 11.4 Å². The molecule has 0 saturated carbocycles. The van der Waals surface area contributed by atoms with Gasteiger partial charge in [-0.2, -0.15) is 0 Å². The van der Waals surface area contributed by atoms with Gasteiger partial charge >= 0.3 is 0 Å². The molecule has 0 atom stereocenters. The Balaban J connectivity index is 1.88. The third kappa shape index (κ3) is 4.17. The van der Waals surface area contributed by atoms with Crippen molar-refractivity contribution in [2.75, 3.05) is 22.8 Å². The van der Waals surface area contributed by atoms with E-state index in [0.717, 1.165) is 11.3 Å². The van der Waals surface area contributed by atoms with Crippen LogP contribution in [0.1, 0.15) is 22.8 Å². The number of aryl methyl sites for hydroxylation is 1. The standard InChI is InChI=1S/C23H24N2O3S/c1-4-25(22-13-9-8-10-18(22)2)23(26)19-14-16-21(17-15-19)29(27,28)24(3)20-11-6-5-7-12-20/h5-17H,4H2,1-3H3. The molecular weight excluding hydrogens is 384 g/mol. The zero-order valence-electron chi connectivity index (χ0n) is 16.7. The van der Waals surface area contributed by atoms with Crippen molar-refractivity contribution in [1.29, 1.82) is 0 Å². The molecule has 0 aliphatic carbocycles. The number of sulfonamides is 1. The molecule has 0 heterocycles. The summed E-state index contributed by atoms with van der Waals surface area (Å²) in [7, 11) is -2.20. The second-order valence-electron chi connectivity index (χ2n) is 6.67. The molecule has 150 valence electrons. The maximum absolute atomic E-state index is 13.0. The van der Waals surface area contributed by atoms with Crippen molar-refractivity contribution in [1.82, 2.24) is 0 Å². The van der Waals surface area contributed by atoms with Gasteiger partial charge < -0.3 is 4.90 Å². The lowest BCUT2D eigenvalue weighted by Crippen LogP contribution is -2.31. The number of hydrogen-bond acceptors (Lipinski definition) is 3. The number of anilines is 2. The van der Waals surface area contributed by atoms with Gasteiger partial charge in [0, 0.05) is 24.8 Å². The molecule has 0 unspecified atom stereocenters. The van der Waals surface area contributed by atoms with E-state index in [0.29, 0.717) is 17.8 Å². The van der Waals surface area contributed by atoms with Gasteiger partial charge in [0.1, 0.15) is 0 Å². The minimum atomic E-state index is -3.71. The molecule has 0 bridgehead atoms. The van der Waals surface area contributed by atoms with Gasteiger partial charge in [0.25, 0.3) is 15.9 Å². The fourth-order valence-corrected chi connectivity index (χ4v) is 4.35. The number of amides is 1. The quantitative estimate of drug-likeness (QED) is 0.604. The predicted octanol–water partition coefficient (Wildman–Crippen LogP) is 4.49. The van der Waals surface area contributed by atoms with Crippen molar-refractivity contribution in [2.24, 2.45) is 0 Å². The SMILES string of the molecule is CCN(C(=O)c1ccc(S(=O)(=O)N(C)c2ccccc2)cc1)c1ccccc1C. The van der Waals surface area contributed by atoms with Crippen LogP contribution in [0.5, 0.6) is 0 Å². The van der Waals surface area contributed by atoms with Crippen LogP contribution in [0.2, 0.25) is 0 Å². The van der Waals surface area contributed by atoms with Gasteiger partial charge in [-0.05, 0) is 61.9 Å². The lowest BCUT2D eigenvalue weighted by Gasteiger charge is -2.23. The number of carbonyl (C=O) groups excluding carboxylic acids is 1. The summed E-state index contributed by atoms with van der Waals surface area (Å²) in [6.07, 6.45) is 0. The smallest absolute Gasteiger partial charge is 0.264 e. The molecule has 3 aromatic rings. The maximum Gasteiger partial charge on any atom is 0.264 e. The lowest BCUT2D eigenvalue weighted by atomic mass is 10.1. The summed E-state index contributed by atoms with van der Waals surface area (Å²) in [6.45, 7) is 4.39. The second kappa shape index (κ2) is 8.49. The van der Waals surface area contributed by atoms with Crippen molar-refractivity contribution in [3.8, 4) is 0 Å². The molecule has 0 fully saturated rings. The number of nitrogens with zero attached hydrogens (tertiary/aromatic N) is 2. The molecule has 3 rings (SSSR count). The van der Waals surface area contributed by atoms with Crippen LogP contribution in [-0.2, 0) is 10.0 Å². The normalized spacial score (nSPS) is 11.1. The van der Waals surface area contributed by atoms with E-state index < -0.39 is 10.0 Å². The van der Waals surface area contributed by atoms with Crippen LogP contribution in [-0.4, -0.2) is 27.9 Å². The third-order valence-electron chi connectivity index (χ3n) is 4.85. The highest BCUT2D eigenvalue weighted by molar-refractivity contribution is 7.92. The molecule has 1 amide bonds. The average molecular weight is 409 g/mol. The minimum Gasteiger partial charge on any atom is -0.308 e. The molecule has 0 aliphatic heterocycles. The molecule has 5 nitrogen and oxygen atoms in total. The Labute approximate surface area is 172 Å². The Kier molecular flexibility index (Phi) is 6.03. The van der Waals surface area contributed by atoms with Crippen LogP contribution >= 0.6 is 0 Å². The first-order valence-electron chi connectivity index (χ1n) is 9.37. The fraction of sp³-hybridized carbons (Fsp3) is 0.174. The monoisotopic (exact) mass is 408 g/mol. The summed E-state index contributed by atoms with van der Waals surface area (Å²) < 4.78 is 27.0. The molecule has 0 aromatic heterocycles. The Bertz CT molecular complexity index is 1090. The van der Waals surface area contributed by atoms with Crippen LogP contribution < -0.4 is 9.21 Å². The molecule has 3 aromatic carbocycles. The number of para-hydroxylation sites is 2. The summed E-state index contributed by atoms with van der Waals surface area (Å²) in [4.78, 5) is 14.8. The highest BCUT2D eigenvalue weighted by atomic mass is 32.2. The van der Waals surface area contributed by atoms with Crippen molar-refractivity contribution in [2.45, 2.75) is 18.7 Å². The first-order valence-corrected chi connectivity index (χ1v) is 10.8. The zero-order chi connectivity index (χ0) is 21.0. The third-order valence-corrected chi connectivity index (χ3v) is 6.65. The van der Waals surface area contributed by atoms with Crippen molar-refractivity contribution in [3.05, 3.63) is 90.0 Å². The minimum absolute atomic E-state index is 0.138. The molecule has 0 saturated heterocycles. The molecule has 0 N–H and O–H groups in total. The Morgan fingerprint density at radius 3 is 2.03 bits per heavy atom. The Hall–Kier alpha value is -3.12. The van der Waals surface area contributed by atoms with E-state index in [4.69, 9.17) is 0 Å². The molecule has 0 aliphatic rings. The van der Waals surface area contributed by atoms with Gasteiger partial charge in [0.15, 0.2) is 0 Å². The highest BCUT2D eigenvalue weighted by Gasteiger charge is 2.23. The highest BCUT2D eigenvalue weighted by Crippen LogP contribution is 2.24. The van der Waals surface area contributed by atoms with E-state index in [1.165, 1.54) is 23.5 Å². The predicted molar refractivity (Wildman–Crippen MR) is 117 cm³/mol. The largest absolute Gasteiger partial charge is 0.308 e. The van der Waals surface area contributed by atoms with E-state index in [1.54, 1.807) is 41.3 Å².